The first-order valence-electron chi connectivity index (χ1n) is 17.0. The molecule has 4 aromatic rings. The Morgan fingerprint density at radius 1 is 0.942 bits per heavy atom. The molecule has 13 heteroatoms. The standard InChI is InChI=1S/C39H44Cl2N3O7S/c1-43-15-16-44(2)28(23-43)24-50-39(47)37(26-8-6-5-7-9-26)42-22-29-11-13-36(52-29)38(46)51-34(27-10-12-33(48-3)35(20-27)49-4)21-30-31(40)18-25(14-17-45)19-32(30)41/h5-13,18-20,28,34,37,42H,14-17,21-24H2,1-4H3/q-1/t28-,34-,37?/m0/s1. The summed E-state index contributed by atoms with van der Waals surface area (Å²) in [4.78, 5) is 32.8. The average Bonchev–Trinajstić information content (AvgIpc) is 3.62. The zero-order valence-electron chi connectivity index (χ0n) is 29.7. The fraction of sp³-hybridized carbons (Fsp3) is 0.385. The Hall–Kier alpha value is -3.68. The van der Waals surface area contributed by atoms with Gasteiger partial charge in [0.2, 0.25) is 0 Å². The third-order valence-electron chi connectivity index (χ3n) is 9.12. The van der Waals surface area contributed by atoms with Crippen LogP contribution in [0.5, 0.6) is 11.5 Å². The third-order valence-corrected chi connectivity index (χ3v) is 10.9. The molecule has 52 heavy (non-hydrogen) atoms. The summed E-state index contributed by atoms with van der Waals surface area (Å²) in [5.41, 5.74) is 2.76. The summed E-state index contributed by atoms with van der Waals surface area (Å²) < 4.78 is 22.9. The van der Waals surface area contributed by atoms with E-state index in [-0.39, 0.29) is 25.0 Å². The fourth-order valence-electron chi connectivity index (χ4n) is 6.08. The van der Waals surface area contributed by atoms with Gasteiger partial charge in [0.1, 0.15) is 23.6 Å². The van der Waals surface area contributed by atoms with Crippen LogP contribution in [0.25, 0.3) is 0 Å². The summed E-state index contributed by atoms with van der Waals surface area (Å²) in [6.07, 6.45) is -0.326. The van der Waals surface area contributed by atoms with Crippen LogP contribution in [0.3, 0.4) is 0 Å². The van der Waals surface area contributed by atoms with E-state index in [2.05, 4.69) is 22.2 Å². The Morgan fingerprint density at radius 2 is 1.67 bits per heavy atom. The van der Waals surface area contributed by atoms with E-state index in [0.29, 0.717) is 57.1 Å². The second-order valence-electron chi connectivity index (χ2n) is 12.7. The van der Waals surface area contributed by atoms with Crippen molar-refractivity contribution in [3.63, 3.8) is 0 Å². The van der Waals surface area contributed by atoms with E-state index < -0.39 is 18.1 Å². The molecule has 1 aliphatic rings. The first kappa shape index (κ1) is 39.5. The minimum absolute atomic E-state index is 0.114. The van der Waals surface area contributed by atoms with Crippen LogP contribution < -0.4 is 19.9 Å². The Morgan fingerprint density at radius 3 is 2.37 bits per heavy atom. The number of carbonyl (C=O) groups excluding carboxylic acids is 2. The van der Waals surface area contributed by atoms with Crippen LogP contribution >= 0.6 is 34.5 Å². The Bertz CT molecular complexity index is 1780. The third kappa shape index (κ3) is 10.3. The van der Waals surface area contributed by atoms with E-state index in [0.717, 1.165) is 35.6 Å². The number of esters is 2. The van der Waals surface area contributed by atoms with Crippen molar-refractivity contribution >= 4 is 46.5 Å². The molecular weight excluding hydrogens is 725 g/mol. The lowest BCUT2D eigenvalue weighted by Gasteiger charge is -2.37. The van der Waals surface area contributed by atoms with Crippen LogP contribution in [0.4, 0.5) is 0 Å². The van der Waals surface area contributed by atoms with Crippen molar-refractivity contribution in [2.45, 2.75) is 37.6 Å². The van der Waals surface area contributed by atoms with Gasteiger partial charge in [0.05, 0.1) is 20.3 Å². The molecule has 1 fully saturated rings. The predicted molar refractivity (Wildman–Crippen MR) is 202 cm³/mol. The van der Waals surface area contributed by atoms with Gasteiger partial charge in [-0.15, -0.1) is 17.9 Å². The van der Waals surface area contributed by atoms with Crippen LogP contribution in [0.15, 0.2) is 72.8 Å². The number of nitrogens with zero attached hydrogens (tertiary/aromatic N) is 2. The number of rotatable bonds is 16. The van der Waals surface area contributed by atoms with Crippen molar-refractivity contribution < 1.29 is 33.6 Å². The molecule has 5 rings (SSSR count). The van der Waals surface area contributed by atoms with Gasteiger partial charge in [0, 0.05) is 47.5 Å². The summed E-state index contributed by atoms with van der Waals surface area (Å²) in [6, 6.07) is 21.1. The van der Waals surface area contributed by atoms with Gasteiger partial charge in [0.15, 0.2) is 11.5 Å². The van der Waals surface area contributed by atoms with Crippen molar-refractivity contribution in [1.82, 2.24) is 15.1 Å². The molecule has 0 amide bonds. The van der Waals surface area contributed by atoms with E-state index in [4.69, 9.17) is 42.1 Å². The molecule has 0 aliphatic carbocycles. The number of carbonyl (C=O) groups is 2. The molecule has 1 aromatic heterocycles. The summed E-state index contributed by atoms with van der Waals surface area (Å²) in [6.45, 7) is 3.03. The van der Waals surface area contributed by atoms with Crippen LogP contribution in [0.1, 0.15) is 48.9 Å². The number of halogens is 2. The highest BCUT2D eigenvalue weighted by atomic mass is 35.5. The highest BCUT2D eigenvalue weighted by Gasteiger charge is 2.28. The quantitative estimate of drug-likeness (QED) is 0.142. The molecule has 1 N–H and O–H groups in total. The van der Waals surface area contributed by atoms with Crippen LogP contribution in [0, 0.1) is 0 Å². The number of thiophene rings is 1. The van der Waals surface area contributed by atoms with Crippen LogP contribution in [-0.2, 0) is 33.7 Å². The Kier molecular flexibility index (Phi) is 14.4. The summed E-state index contributed by atoms with van der Waals surface area (Å²) >= 11 is 14.6. The summed E-state index contributed by atoms with van der Waals surface area (Å²) in [5, 5.41) is 15.3. The van der Waals surface area contributed by atoms with Gasteiger partial charge in [-0.25, -0.2) is 9.59 Å². The van der Waals surface area contributed by atoms with Gasteiger partial charge in [0.25, 0.3) is 0 Å². The van der Waals surface area contributed by atoms with Crippen molar-refractivity contribution in [1.29, 1.82) is 0 Å². The summed E-state index contributed by atoms with van der Waals surface area (Å²) in [5.74, 6) is 0.0986. The molecular formula is C39H44Cl2N3O7S-. The number of nitrogens with one attached hydrogen (secondary N) is 1. The van der Waals surface area contributed by atoms with Gasteiger partial charge in [-0.2, -0.15) is 0 Å². The highest BCUT2D eigenvalue weighted by Crippen LogP contribution is 2.37. The van der Waals surface area contributed by atoms with Gasteiger partial charge < -0.3 is 29.0 Å². The van der Waals surface area contributed by atoms with Crippen molar-refractivity contribution in [2.75, 3.05) is 61.2 Å². The maximum absolute atomic E-state index is 13.7. The van der Waals surface area contributed by atoms with E-state index in [9.17, 15) is 14.7 Å². The van der Waals surface area contributed by atoms with Crippen LogP contribution in [0.2, 0.25) is 10.0 Å². The maximum Gasteiger partial charge on any atom is 0.348 e. The number of benzene rings is 3. The summed E-state index contributed by atoms with van der Waals surface area (Å²) in [7, 11) is 7.19. The minimum atomic E-state index is -0.795. The van der Waals surface area contributed by atoms with E-state index in [1.807, 2.05) is 43.4 Å². The van der Waals surface area contributed by atoms with Crippen molar-refractivity contribution in [3.05, 3.63) is 115 Å². The molecule has 1 saturated heterocycles. The smallest absolute Gasteiger partial charge is 0.348 e. The molecule has 0 radical (unpaired) electrons. The molecule has 0 bridgehead atoms. The highest BCUT2D eigenvalue weighted by molar-refractivity contribution is 7.13. The lowest BCUT2D eigenvalue weighted by molar-refractivity contribution is -0.366. The number of hydrogen-bond donors (Lipinski definition) is 1. The Labute approximate surface area is 319 Å². The number of piperazine rings is 1. The number of methoxy groups -OCH3 is 2. The number of hydrogen-bond acceptors (Lipinski definition) is 11. The number of likely N-dealkylation sites (N-methyl/N-ethyl adjacent to an activating group) is 2. The molecule has 10 nitrogen and oxygen atoms in total. The van der Waals surface area contributed by atoms with Gasteiger partial charge in [-0.1, -0.05) is 59.6 Å². The fourth-order valence-corrected chi connectivity index (χ4v) is 7.61. The molecule has 2 heterocycles. The SMILES string of the molecule is COc1ccc([C@H](Cc2c(Cl)cc(CC[O-])cc2Cl)OC(=O)c2ccc(CNC(C(=O)OC[C@@H]3CN(C)CCN3C)c3ccccc3)s2)cc1OC. The first-order valence-corrected chi connectivity index (χ1v) is 18.6. The maximum atomic E-state index is 13.7. The van der Waals surface area contributed by atoms with Gasteiger partial charge >= 0.3 is 11.9 Å². The van der Waals surface area contributed by atoms with Crippen LogP contribution in [-0.4, -0.2) is 88.9 Å². The van der Waals surface area contributed by atoms with Gasteiger partial charge in [-0.05, 0) is 79.2 Å². The molecule has 1 aliphatic heterocycles. The monoisotopic (exact) mass is 768 g/mol. The number of ether oxygens (including phenoxy) is 4. The second kappa shape index (κ2) is 18.9. The predicted octanol–water partition coefficient (Wildman–Crippen LogP) is 5.74. The van der Waals surface area contributed by atoms with E-state index in [1.165, 1.54) is 18.4 Å². The molecule has 1 unspecified atom stereocenters. The molecule has 0 spiro atoms. The van der Waals surface area contributed by atoms with E-state index >= 15 is 0 Å². The molecule has 3 atom stereocenters. The molecule has 0 saturated carbocycles. The van der Waals surface area contributed by atoms with E-state index in [1.54, 1.807) is 43.5 Å². The molecule has 3 aromatic carbocycles. The molecule has 278 valence electrons. The first-order chi connectivity index (χ1) is 25.1. The minimum Gasteiger partial charge on any atom is -0.854 e. The normalized spacial score (nSPS) is 16.2. The lowest BCUT2D eigenvalue weighted by Crippen LogP contribution is -2.52. The zero-order chi connectivity index (χ0) is 37.2. The van der Waals surface area contributed by atoms with Gasteiger partial charge in [-0.3, -0.25) is 10.2 Å². The Balaban J connectivity index is 1.31. The second-order valence-corrected chi connectivity index (χ2v) is 14.7. The largest absolute Gasteiger partial charge is 0.854 e. The lowest BCUT2D eigenvalue weighted by atomic mass is 9.99. The average molecular weight is 770 g/mol. The van der Waals surface area contributed by atoms with Crippen molar-refractivity contribution in [3.8, 4) is 11.5 Å². The van der Waals surface area contributed by atoms with Crippen molar-refractivity contribution in [2.24, 2.45) is 0 Å². The topological polar surface area (TPSA) is 113 Å². The zero-order valence-corrected chi connectivity index (χ0v) is 32.1.